The van der Waals surface area contributed by atoms with E-state index in [0.29, 0.717) is 36.0 Å². The van der Waals surface area contributed by atoms with E-state index in [1.165, 1.54) is 0 Å². The second kappa shape index (κ2) is 7.42. The second-order valence-electron chi connectivity index (χ2n) is 11.5. The number of benzene rings is 4. The van der Waals surface area contributed by atoms with Crippen LogP contribution < -0.4 is 0 Å². The molecule has 0 bridgehead atoms. The summed E-state index contributed by atoms with van der Waals surface area (Å²) in [5.41, 5.74) is 10.6. The number of hydrogen-bond acceptors (Lipinski definition) is 6. The molecule has 7 aromatic rings. The number of phenolic OH excluding ortho intramolecular Hbond substituents is 3. The molecule has 0 unspecified atom stereocenters. The highest BCUT2D eigenvalue weighted by Gasteiger charge is 2.38. The van der Waals surface area contributed by atoms with Crippen molar-refractivity contribution in [3.63, 3.8) is 0 Å². The predicted octanol–water partition coefficient (Wildman–Crippen LogP) is 7.16. The Morgan fingerprint density at radius 3 is 0.952 bits per heavy atom. The van der Waals surface area contributed by atoms with Crippen molar-refractivity contribution in [1.29, 1.82) is 0 Å². The summed E-state index contributed by atoms with van der Waals surface area (Å²) in [7, 11) is 0. The molecule has 3 aliphatic rings. The first-order chi connectivity index (χ1) is 20.6. The minimum absolute atomic E-state index is 0.198. The zero-order chi connectivity index (χ0) is 27.9. The molecule has 198 valence electrons. The number of phenols is 3. The molecule has 3 N–H and O–H groups in total. The molecule has 0 atom stereocenters. The molecule has 4 aromatic carbocycles. The van der Waals surface area contributed by atoms with Crippen LogP contribution in [0.1, 0.15) is 33.8 Å². The van der Waals surface area contributed by atoms with Crippen molar-refractivity contribution in [2.45, 2.75) is 19.3 Å². The van der Waals surface area contributed by atoms with Gasteiger partial charge in [-0.1, -0.05) is 36.4 Å². The van der Waals surface area contributed by atoms with Gasteiger partial charge in [-0.2, -0.15) is 0 Å². The molecule has 3 aliphatic carbocycles. The number of pyridine rings is 3. The Kier molecular flexibility index (Phi) is 3.93. The molecule has 6 nitrogen and oxygen atoms in total. The lowest BCUT2D eigenvalue weighted by molar-refractivity contribution is 0.476. The fourth-order valence-corrected chi connectivity index (χ4v) is 7.74. The molecule has 3 aromatic heterocycles. The Hall–Kier alpha value is -5.49. The van der Waals surface area contributed by atoms with Gasteiger partial charge in [0.15, 0.2) is 0 Å². The van der Waals surface area contributed by atoms with Crippen LogP contribution in [0.3, 0.4) is 0 Å². The number of hydrogen-bond donors (Lipinski definition) is 3. The fourth-order valence-electron chi connectivity index (χ4n) is 7.74. The third-order valence-corrected chi connectivity index (χ3v) is 9.38. The molecular weight excluding hydrogens is 522 g/mol. The Bertz CT molecular complexity index is 2130. The number of rotatable bonds is 3. The summed E-state index contributed by atoms with van der Waals surface area (Å²) in [6.07, 6.45) is 1.75. The number of nitrogens with zero attached hydrogens (tertiary/aromatic N) is 3. The maximum Gasteiger partial charge on any atom is 0.124 e. The van der Waals surface area contributed by atoms with Gasteiger partial charge in [-0.25, -0.2) is 0 Å². The zero-order valence-corrected chi connectivity index (χ0v) is 22.2. The summed E-state index contributed by atoms with van der Waals surface area (Å²) in [5.74, 6) is 0.593. The van der Waals surface area contributed by atoms with E-state index < -0.39 is 0 Å². The minimum atomic E-state index is 0.198. The van der Waals surface area contributed by atoms with E-state index in [4.69, 9.17) is 15.0 Å². The fraction of sp³-hybridized carbons (Fsp3) is 0.0833. The lowest BCUT2D eigenvalue weighted by atomic mass is 9.93. The van der Waals surface area contributed by atoms with Gasteiger partial charge < -0.3 is 15.3 Å². The number of aromatic hydroxyl groups is 3. The lowest BCUT2D eigenvalue weighted by Gasteiger charge is -2.14. The smallest absolute Gasteiger partial charge is 0.124 e. The molecule has 3 heterocycles. The van der Waals surface area contributed by atoms with Crippen molar-refractivity contribution in [2.75, 3.05) is 0 Å². The van der Waals surface area contributed by atoms with Crippen LogP contribution >= 0.6 is 0 Å². The Balaban J connectivity index is 1.41. The van der Waals surface area contributed by atoms with Gasteiger partial charge in [0, 0.05) is 52.1 Å². The van der Waals surface area contributed by atoms with Crippen LogP contribution in [0, 0.1) is 0 Å². The van der Waals surface area contributed by atoms with Crippen molar-refractivity contribution in [2.24, 2.45) is 0 Å². The summed E-state index contributed by atoms with van der Waals surface area (Å²) < 4.78 is 0. The minimum Gasteiger partial charge on any atom is -0.507 e. The van der Waals surface area contributed by atoms with Crippen LogP contribution in [0.4, 0.5) is 0 Å². The third-order valence-electron chi connectivity index (χ3n) is 9.38. The summed E-state index contributed by atoms with van der Waals surface area (Å²) in [6.45, 7) is 0. The van der Waals surface area contributed by atoms with Gasteiger partial charge in [-0.05, 0) is 69.2 Å². The average Bonchev–Trinajstić information content (AvgIpc) is 3.68. The monoisotopic (exact) mass is 543 g/mol. The van der Waals surface area contributed by atoms with Gasteiger partial charge >= 0.3 is 0 Å². The van der Waals surface area contributed by atoms with Crippen molar-refractivity contribution < 1.29 is 15.3 Å². The van der Waals surface area contributed by atoms with Gasteiger partial charge in [0.2, 0.25) is 0 Å². The topological polar surface area (TPSA) is 99.4 Å². The van der Waals surface area contributed by atoms with Crippen LogP contribution in [-0.4, -0.2) is 30.3 Å². The van der Waals surface area contributed by atoms with Gasteiger partial charge in [0.05, 0.1) is 34.2 Å². The molecule has 0 saturated heterocycles. The molecule has 0 radical (unpaired) electrons. The van der Waals surface area contributed by atoms with Gasteiger partial charge in [-0.3, -0.25) is 15.0 Å². The first-order valence-corrected chi connectivity index (χ1v) is 14.1. The van der Waals surface area contributed by atoms with Crippen molar-refractivity contribution in [1.82, 2.24) is 15.0 Å². The SMILES string of the molecule is Oc1ccccc1-c1nc2c3c4c1Cc1nc(-c5ccccc5O)c5c(c14)c1c(nc(-c4ccccc4O)c(c31)C2)C5. The van der Waals surface area contributed by atoms with E-state index in [-0.39, 0.29) is 17.2 Å². The van der Waals surface area contributed by atoms with Crippen molar-refractivity contribution in [3.05, 3.63) is 107 Å². The van der Waals surface area contributed by atoms with Crippen molar-refractivity contribution >= 4 is 32.3 Å². The maximum atomic E-state index is 10.9. The maximum absolute atomic E-state index is 10.9. The molecule has 0 spiro atoms. The Labute approximate surface area is 239 Å². The highest BCUT2D eigenvalue weighted by molar-refractivity contribution is 6.34. The number of para-hydroxylation sites is 3. The molecule has 6 heteroatoms. The third kappa shape index (κ3) is 2.54. The van der Waals surface area contributed by atoms with Crippen LogP contribution in [0.15, 0.2) is 72.8 Å². The first-order valence-electron chi connectivity index (χ1n) is 14.1. The quantitative estimate of drug-likeness (QED) is 0.205. The number of aromatic nitrogens is 3. The van der Waals surface area contributed by atoms with E-state index in [9.17, 15) is 15.3 Å². The highest BCUT2D eigenvalue weighted by Crippen LogP contribution is 2.56. The van der Waals surface area contributed by atoms with E-state index in [1.54, 1.807) is 18.2 Å². The molecule has 0 aliphatic heterocycles. The Morgan fingerprint density at radius 2 is 0.667 bits per heavy atom. The molecule has 0 saturated carbocycles. The summed E-state index contributed by atoms with van der Waals surface area (Å²) in [6, 6.07) is 22.1. The van der Waals surface area contributed by atoms with Crippen molar-refractivity contribution in [3.8, 4) is 51.0 Å². The predicted molar refractivity (Wildman–Crippen MR) is 162 cm³/mol. The molecule has 10 rings (SSSR count). The molecule has 0 fully saturated rings. The normalized spacial score (nSPS) is 13.7. The van der Waals surface area contributed by atoms with Gasteiger partial charge in [-0.15, -0.1) is 0 Å². The summed E-state index contributed by atoms with van der Waals surface area (Å²) in [5, 5.41) is 39.7. The van der Waals surface area contributed by atoms with E-state index in [2.05, 4.69) is 0 Å². The molecule has 42 heavy (non-hydrogen) atoms. The van der Waals surface area contributed by atoms with Gasteiger partial charge in [0.1, 0.15) is 17.2 Å². The molecule has 0 amide bonds. The Morgan fingerprint density at radius 1 is 0.381 bits per heavy atom. The zero-order valence-electron chi connectivity index (χ0n) is 22.2. The van der Waals surface area contributed by atoms with E-state index in [0.717, 1.165) is 83.2 Å². The van der Waals surface area contributed by atoms with Gasteiger partial charge in [0.25, 0.3) is 0 Å². The van der Waals surface area contributed by atoms with Crippen LogP contribution in [0.5, 0.6) is 17.2 Å². The lowest BCUT2D eigenvalue weighted by Crippen LogP contribution is -1.98. The highest BCUT2D eigenvalue weighted by atomic mass is 16.3. The average molecular weight is 544 g/mol. The summed E-state index contributed by atoms with van der Waals surface area (Å²) >= 11 is 0. The molecular formula is C36H21N3O3. The van der Waals surface area contributed by atoms with Crippen LogP contribution in [0.25, 0.3) is 66.1 Å². The standard InChI is InChI=1S/C36H21N3O3/c40-25-10-4-1-7-16(25)34-19-13-23-32-28(19)31-22(37-34)14-20-29(31)33-24(39-35(20)17-8-2-5-11-26(17)41)15-21(30(32)33)36(38-23)18-9-3-6-12-27(18)42/h1-12,40-42H,13-15H2. The van der Waals surface area contributed by atoms with Crippen LogP contribution in [0.2, 0.25) is 0 Å². The second-order valence-corrected chi connectivity index (χ2v) is 11.5. The van der Waals surface area contributed by atoms with Crippen LogP contribution in [-0.2, 0) is 19.3 Å². The first kappa shape index (κ1) is 22.2. The largest absolute Gasteiger partial charge is 0.507 e. The summed E-state index contributed by atoms with van der Waals surface area (Å²) in [4.78, 5) is 15.8. The van der Waals surface area contributed by atoms with E-state index >= 15 is 0 Å². The van der Waals surface area contributed by atoms with E-state index in [1.807, 2.05) is 54.6 Å².